The van der Waals surface area contributed by atoms with Crippen molar-refractivity contribution in [3.05, 3.63) is 102 Å². The molecule has 7 nitrogen and oxygen atoms in total. The average Bonchev–Trinajstić information content (AvgIpc) is 3.31. The number of aromatic nitrogens is 2. The predicted molar refractivity (Wildman–Crippen MR) is 131 cm³/mol. The number of carbonyl (C=O) groups is 2. The molecule has 0 unspecified atom stereocenters. The van der Waals surface area contributed by atoms with Crippen LogP contribution in [0.4, 0.5) is 4.39 Å². The second-order valence-corrected chi connectivity index (χ2v) is 8.08. The Morgan fingerprint density at radius 2 is 1.74 bits per heavy atom. The summed E-state index contributed by atoms with van der Waals surface area (Å²) in [4.78, 5) is 26.1. The van der Waals surface area contributed by atoms with Crippen molar-refractivity contribution in [1.29, 1.82) is 0 Å². The smallest absolute Gasteiger partial charge is 0.259 e. The number of nitrogens with zero attached hydrogens (tertiary/aromatic N) is 3. The number of amides is 2. The fraction of sp³-hybridized carbons (Fsp3) is 0.148. The summed E-state index contributed by atoms with van der Waals surface area (Å²) in [5.74, 6) is -0.382. The molecule has 1 aromatic heterocycles. The van der Waals surface area contributed by atoms with E-state index in [0.29, 0.717) is 17.0 Å². The van der Waals surface area contributed by atoms with E-state index in [4.69, 9.17) is 4.74 Å². The molecule has 4 rings (SSSR count). The summed E-state index contributed by atoms with van der Waals surface area (Å²) >= 11 is 0. The van der Waals surface area contributed by atoms with Crippen molar-refractivity contribution in [3.63, 3.8) is 0 Å². The van der Waals surface area contributed by atoms with Gasteiger partial charge in [-0.3, -0.25) is 9.59 Å². The minimum atomic E-state index is -0.333. The number of hydrogen-bond acceptors (Lipinski definition) is 4. The minimum Gasteiger partial charge on any atom is -0.484 e. The van der Waals surface area contributed by atoms with E-state index in [2.05, 4.69) is 10.4 Å². The topological polar surface area (TPSA) is 76.5 Å². The molecule has 0 atom stereocenters. The van der Waals surface area contributed by atoms with Crippen molar-refractivity contribution < 1.29 is 18.7 Å². The summed E-state index contributed by atoms with van der Waals surface area (Å²) in [6, 6.07) is 22.3. The van der Waals surface area contributed by atoms with Gasteiger partial charge in [-0.05, 0) is 54.6 Å². The Morgan fingerprint density at radius 3 is 2.46 bits per heavy atom. The van der Waals surface area contributed by atoms with Crippen LogP contribution in [0.2, 0.25) is 0 Å². The standard InChI is InChI=1S/C27H25FN4O3/c1-31(2)25(33)18-35-24-10-6-7-20(15-24)27(34)29-16-21-17-32(23-8-4-3-5-9-23)30-26(21)19-11-13-22(28)14-12-19/h3-15,17H,16,18H2,1-2H3,(H,29,34). The normalized spacial score (nSPS) is 10.6. The highest BCUT2D eigenvalue weighted by molar-refractivity contribution is 5.94. The first-order valence-corrected chi connectivity index (χ1v) is 11.0. The fourth-order valence-corrected chi connectivity index (χ4v) is 3.38. The van der Waals surface area contributed by atoms with Crippen LogP contribution >= 0.6 is 0 Å². The quantitative estimate of drug-likeness (QED) is 0.419. The Bertz CT molecular complexity index is 1320. The number of ether oxygens (including phenoxy) is 1. The van der Waals surface area contributed by atoms with Crippen molar-refractivity contribution >= 4 is 11.8 Å². The van der Waals surface area contributed by atoms with Gasteiger partial charge in [0.05, 0.1) is 11.4 Å². The number of halogens is 1. The maximum absolute atomic E-state index is 13.5. The SMILES string of the molecule is CN(C)C(=O)COc1cccc(C(=O)NCc2cn(-c3ccccc3)nc2-c2ccc(F)cc2)c1. The van der Waals surface area contributed by atoms with Crippen LogP contribution in [-0.4, -0.2) is 47.2 Å². The Kier molecular flexibility index (Phi) is 7.21. The third-order valence-corrected chi connectivity index (χ3v) is 5.33. The second-order valence-electron chi connectivity index (χ2n) is 8.08. The number of para-hydroxylation sites is 1. The highest BCUT2D eigenvalue weighted by atomic mass is 19.1. The van der Waals surface area contributed by atoms with E-state index in [1.807, 2.05) is 36.5 Å². The summed E-state index contributed by atoms with van der Waals surface area (Å²) in [5.41, 5.74) is 3.43. The molecule has 1 heterocycles. The summed E-state index contributed by atoms with van der Waals surface area (Å²) in [6.45, 7) is 0.0976. The van der Waals surface area contributed by atoms with E-state index in [0.717, 1.165) is 16.8 Å². The molecule has 35 heavy (non-hydrogen) atoms. The number of hydrogen-bond donors (Lipinski definition) is 1. The first-order chi connectivity index (χ1) is 16.9. The van der Waals surface area contributed by atoms with Gasteiger partial charge in [-0.2, -0.15) is 5.10 Å². The molecular formula is C27H25FN4O3. The van der Waals surface area contributed by atoms with Gasteiger partial charge in [-0.15, -0.1) is 0 Å². The van der Waals surface area contributed by atoms with Crippen LogP contribution in [0.25, 0.3) is 16.9 Å². The lowest BCUT2D eigenvalue weighted by molar-refractivity contribution is -0.130. The highest BCUT2D eigenvalue weighted by Crippen LogP contribution is 2.24. The Morgan fingerprint density at radius 1 is 1.00 bits per heavy atom. The molecule has 0 bridgehead atoms. The largest absolute Gasteiger partial charge is 0.484 e. The molecule has 2 amide bonds. The van der Waals surface area contributed by atoms with E-state index in [1.54, 1.807) is 55.2 Å². The highest BCUT2D eigenvalue weighted by Gasteiger charge is 2.15. The summed E-state index contributed by atoms with van der Waals surface area (Å²) in [5, 5.41) is 7.60. The predicted octanol–water partition coefficient (Wildman–Crippen LogP) is 4.08. The van der Waals surface area contributed by atoms with Crippen molar-refractivity contribution in [3.8, 4) is 22.7 Å². The van der Waals surface area contributed by atoms with Crippen molar-refractivity contribution in [2.24, 2.45) is 0 Å². The van der Waals surface area contributed by atoms with Gasteiger partial charge in [0.2, 0.25) is 0 Å². The number of benzene rings is 3. The molecule has 178 valence electrons. The van der Waals surface area contributed by atoms with Crippen LogP contribution in [0.1, 0.15) is 15.9 Å². The zero-order valence-corrected chi connectivity index (χ0v) is 19.4. The lowest BCUT2D eigenvalue weighted by Crippen LogP contribution is -2.27. The third-order valence-electron chi connectivity index (χ3n) is 5.33. The lowest BCUT2D eigenvalue weighted by atomic mass is 10.1. The lowest BCUT2D eigenvalue weighted by Gasteiger charge is -2.12. The molecule has 4 aromatic rings. The maximum Gasteiger partial charge on any atom is 0.259 e. The molecule has 0 aliphatic carbocycles. The van der Waals surface area contributed by atoms with Crippen LogP contribution in [-0.2, 0) is 11.3 Å². The van der Waals surface area contributed by atoms with E-state index in [1.165, 1.54) is 17.0 Å². The van der Waals surface area contributed by atoms with Gasteiger partial charge >= 0.3 is 0 Å². The minimum absolute atomic E-state index is 0.113. The zero-order chi connectivity index (χ0) is 24.8. The van der Waals surface area contributed by atoms with Crippen LogP contribution in [0.3, 0.4) is 0 Å². The molecule has 0 radical (unpaired) electrons. The van der Waals surface area contributed by atoms with Crippen molar-refractivity contribution in [2.75, 3.05) is 20.7 Å². The molecule has 0 fully saturated rings. The average molecular weight is 473 g/mol. The van der Waals surface area contributed by atoms with Crippen molar-refractivity contribution in [1.82, 2.24) is 20.0 Å². The number of rotatable bonds is 8. The molecule has 3 aromatic carbocycles. The van der Waals surface area contributed by atoms with Gasteiger partial charge < -0.3 is 15.0 Å². The van der Waals surface area contributed by atoms with Gasteiger partial charge in [0, 0.05) is 43.5 Å². The third kappa shape index (κ3) is 5.92. The van der Waals surface area contributed by atoms with Crippen LogP contribution in [0.5, 0.6) is 5.75 Å². The number of nitrogens with one attached hydrogen (secondary N) is 1. The number of carbonyl (C=O) groups excluding carboxylic acids is 2. The van der Waals surface area contributed by atoms with Gasteiger partial charge in [0.1, 0.15) is 11.6 Å². The summed E-state index contributed by atoms with van der Waals surface area (Å²) < 4.78 is 20.7. The van der Waals surface area contributed by atoms with Crippen LogP contribution < -0.4 is 10.1 Å². The Balaban J connectivity index is 1.52. The first kappa shape index (κ1) is 23.7. The van der Waals surface area contributed by atoms with E-state index >= 15 is 0 Å². The summed E-state index contributed by atoms with van der Waals surface area (Å²) in [7, 11) is 3.30. The van der Waals surface area contributed by atoms with Crippen LogP contribution in [0.15, 0.2) is 85.1 Å². The number of likely N-dealkylation sites (N-methyl/N-ethyl adjacent to an activating group) is 1. The van der Waals surface area contributed by atoms with Crippen LogP contribution in [0, 0.1) is 5.82 Å². The molecular weight excluding hydrogens is 447 g/mol. The molecule has 8 heteroatoms. The molecule has 0 spiro atoms. The first-order valence-electron chi connectivity index (χ1n) is 11.0. The molecule has 0 saturated carbocycles. The fourth-order valence-electron chi connectivity index (χ4n) is 3.38. The van der Waals surface area contributed by atoms with E-state index in [9.17, 15) is 14.0 Å². The zero-order valence-electron chi connectivity index (χ0n) is 19.4. The molecule has 0 saturated heterocycles. The van der Waals surface area contributed by atoms with Gasteiger partial charge in [-0.1, -0.05) is 24.3 Å². The van der Waals surface area contributed by atoms with E-state index < -0.39 is 0 Å². The monoisotopic (exact) mass is 472 g/mol. The van der Waals surface area contributed by atoms with Gasteiger partial charge in [0.25, 0.3) is 11.8 Å². The molecule has 0 aliphatic heterocycles. The maximum atomic E-state index is 13.5. The molecule has 0 aliphatic rings. The van der Waals surface area contributed by atoms with E-state index in [-0.39, 0.29) is 30.8 Å². The van der Waals surface area contributed by atoms with Crippen molar-refractivity contribution in [2.45, 2.75) is 6.54 Å². The van der Waals surface area contributed by atoms with Gasteiger partial charge in [0.15, 0.2) is 6.61 Å². The summed E-state index contributed by atoms with van der Waals surface area (Å²) in [6.07, 6.45) is 1.85. The Labute approximate surface area is 202 Å². The van der Waals surface area contributed by atoms with Gasteiger partial charge in [-0.25, -0.2) is 9.07 Å². The molecule has 1 N–H and O–H groups in total. The second kappa shape index (κ2) is 10.6. The Hall–Kier alpha value is -4.46.